The molecule has 0 aliphatic carbocycles. The van der Waals surface area contributed by atoms with Crippen LogP contribution in [-0.2, 0) is 0 Å². The van der Waals surface area contributed by atoms with Crippen molar-refractivity contribution in [3.63, 3.8) is 0 Å². The molecular formula is C22H26N4O3. The molecule has 0 saturated carbocycles. The van der Waals surface area contributed by atoms with Crippen LogP contribution in [0.25, 0.3) is 11.5 Å². The van der Waals surface area contributed by atoms with Gasteiger partial charge in [-0.25, -0.2) is 0 Å². The maximum atomic E-state index is 12.7. The number of nitrogens with one attached hydrogen (secondary N) is 1. The van der Waals surface area contributed by atoms with E-state index in [1.165, 1.54) is 11.1 Å². The van der Waals surface area contributed by atoms with Crippen molar-refractivity contribution in [1.82, 2.24) is 20.3 Å². The van der Waals surface area contributed by atoms with Crippen molar-refractivity contribution >= 4 is 5.91 Å². The highest BCUT2D eigenvalue weighted by Gasteiger charge is 2.25. The number of aromatic nitrogens is 1. The lowest BCUT2D eigenvalue weighted by atomic mass is 10.0. The van der Waals surface area contributed by atoms with Crippen LogP contribution in [0, 0.1) is 6.92 Å². The third-order valence-corrected chi connectivity index (χ3v) is 5.40. The number of nitrogens with zero attached hydrogens (tertiary/aromatic N) is 3. The Labute approximate surface area is 170 Å². The van der Waals surface area contributed by atoms with Gasteiger partial charge in [0.05, 0.1) is 12.3 Å². The molecule has 1 saturated heterocycles. The van der Waals surface area contributed by atoms with Crippen molar-refractivity contribution in [2.24, 2.45) is 0 Å². The van der Waals surface area contributed by atoms with Gasteiger partial charge in [0, 0.05) is 38.8 Å². The first-order chi connectivity index (χ1) is 14.1. The average Bonchev–Trinajstić information content (AvgIpc) is 3.42. The number of hydrogen-bond donors (Lipinski definition) is 1. The first-order valence-electron chi connectivity index (χ1n) is 9.88. The Morgan fingerprint density at radius 1 is 1.14 bits per heavy atom. The molecule has 0 bridgehead atoms. The largest absolute Gasteiger partial charge is 0.461 e. The normalized spacial score (nSPS) is 16.6. The summed E-state index contributed by atoms with van der Waals surface area (Å²) in [6.45, 7) is 6.57. The van der Waals surface area contributed by atoms with E-state index < -0.39 is 0 Å². The van der Waals surface area contributed by atoms with Crippen LogP contribution < -0.4 is 5.32 Å². The molecule has 3 heterocycles. The molecule has 1 amide bonds. The van der Waals surface area contributed by atoms with E-state index in [0.717, 1.165) is 26.2 Å². The van der Waals surface area contributed by atoms with E-state index in [1.807, 2.05) is 0 Å². The second-order valence-electron chi connectivity index (χ2n) is 7.53. The van der Waals surface area contributed by atoms with Gasteiger partial charge in [-0.3, -0.25) is 9.69 Å². The zero-order chi connectivity index (χ0) is 20.2. The number of benzene rings is 1. The Morgan fingerprint density at radius 2 is 1.90 bits per heavy atom. The molecule has 29 heavy (non-hydrogen) atoms. The van der Waals surface area contributed by atoms with Gasteiger partial charge >= 0.3 is 0 Å². The first kappa shape index (κ1) is 19.4. The number of hydrogen-bond acceptors (Lipinski definition) is 6. The summed E-state index contributed by atoms with van der Waals surface area (Å²) in [7, 11) is 2.14. The minimum absolute atomic E-state index is 0.115. The number of carbonyl (C=O) groups excluding carboxylic acids is 1. The summed E-state index contributed by atoms with van der Waals surface area (Å²) < 4.78 is 10.5. The Kier molecular flexibility index (Phi) is 5.78. The zero-order valence-corrected chi connectivity index (χ0v) is 16.8. The quantitative estimate of drug-likeness (QED) is 0.693. The van der Waals surface area contributed by atoms with Crippen LogP contribution in [0.15, 0.2) is 57.7 Å². The number of likely N-dealkylation sites (N-methyl/N-ethyl adjacent to an activating group) is 1. The number of piperazine rings is 1. The van der Waals surface area contributed by atoms with Gasteiger partial charge in [-0.1, -0.05) is 35.0 Å². The highest BCUT2D eigenvalue weighted by atomic mass is 16.5. The number of aryl methyl sites for hydroxylation is 1. The van der Waals surface area contributed by atoms with E-state index in [0.29, 0.717) is 18.1 Å². The molecule has 7 heteroatoms. The van der Waals surface area contributed by atoms with Gasteiger partial charge in [0.1, 0.15) is 0 Å². The predicted octanol–water partition coefficient (Wildman–Crippen LogP) is 2.96. The monoisotopic (exact) mass is 394 g/mol. The van der Waals surface area contributed by atoms with Crippen LogP contribution in [-0.4, -0.2) is 60.6 Å². The second kappa shape index (κ2) is 8.63. The molecule has 1 aromatic carbocycles. The molecule has 1 fully saturated rings. The van der Waals surface area contributed by atoms with Crippen LogP contribution in [0.1, 0.15) is 27.7 Å². The molecule has 2 aromatic heterocycles. The summed E-state index contributed by atoms with van der Waals surface area (Å²) in [5.41, 5.74) is 2.68. The van der Waals surface area contributed by atoms with Crippen molar-refractivity contribution in [2.75, 3.05) is 39.8 Å². The fraction of sp³-hybridized carbons (Fsp3) is 0.364. The third-order valence-electron chi connectivity index (χ3n) is 5.40. The first-order valence-corrected chi connectivity index (χ1v) is 9.88. The van der Waals surface area contributed by atoms with Crippen LogP contribution in [0.4, 0.5) is 0 Å². The van der Waals surface area contributed by atoms with E-state index in [9.17, 15) is 4.79 Å². The summed E-state index contributed by atoms with van der Waals surface area (Å²) in [5.74, 6) is 0.735. The number of rotatable bonds is 6. The molecule has 3 aromatic rings. The summed E-state index contributed by atoms with van der Waals surface area (Å²) in [5, 5.41) is 6.92. The third kappa shape index (κ3) is 4.58. The molecule has 4 rings (SSSR count). The van der Waals surface area contributed by atoms with Crippen molar-refractivity contribution in [2.45, 2.75) is 13.0 Å². The van der Waals surface area contributed by atoms with Gasteiger partial charge in [0.15, 0.2) is 11.5 Å². The van der Waals surface area contributed by atoms with Gasteiger partial charge < -0.3 is 19.2 Å². The summed E-state index contributed by atoms with van der Waals surface area (Å²) in [6.07, 6.45) is 1.56. The van der Waals surface area contributed by atoms with Crippen LogP contribution in [0.2, 0.25) is 0 Å². The Hall–Kier alpha value is -2.90. The molecular weight excluding hydrogens is 368 g/mol. The van der Waals surface area contributed by atoms with Crippen molar-refractivity contribution in [3.8, 4) is 11.5 Å². The van der Waals surface area contributed by atoms with E-state index in [-0.39, 0.29) is 17.6 Å². The fourth-order valence-corrected chi connectivity index (χ4v) is 3.58. The molecule has 152 valence electrons. The fourth-order valence-electron chi connectivity index (χ4n) is 3.58. The van der Waals surface area contributed by atoms with Crippen molar-refractivity contribution in [1.29, 1.82) is 0 Å². The Balaban J connectivity index is 1.46. The lowest BCUT2D eigenvalue weighted by Crippen LogP contribution is -2.48. The molecule has 0 spiro atoms. The van der Waals surface area contributed by atoms with Gasteiger partial charge in [0.2, 0.25) is 5.76 Å². The van der Waals surface area contributed by atoms with E-state index in [2.05, 4.69) is 58.5 Å². The van der Waals surface area contributed by atoms with E-state index in [1.54, 1.807) is 24.5 Å². The lowest BCUT2D eigenvalue weighted by Gasteiger charge is -2.38. The number of amides is 1. The van der Waals surface area contributed by atoms with Crippen molar-refractivity contribution in [3.05, 3.63) is 65.5 Å². The zero-order valence-electron chi connectivity index (χ0n) is 16.8. The van der Waals surface area contributed by atoms with E-state index in [4.69, 9.17) is 8.94 Å². The second-order valence-corrected chi connectivity index (χ2v) is 7.53. The highest BCUT2D eigenvalue weighted by molar-refractivity contribution is 5.92. The minimum Gasteiger partial charge on any atom is -0.461 e. The van der Waals surface area contributed by atoms with Crippen LogP contribution in [0.5, 0.6) is 0 Å². The summed E-state index contributed by atoms with van der Waals surface area (Å²) in [6, 6.07) is 13.8. The summed E-state index contributed by atoms with van der Waals surface area (Å²) >= 11 is 0. The van der Waals surface area contributed by atoms with Gasteiger partial charge in [-0.2, -0.15) is 0 Å². The summed E-state index contributed by atoms with van der Waals surface area (Å²) in [4.78, 5) is 17.4. The highest BCUT2D eigenvalue weighted by Crippen LogP contribution is 2.23. The minimum atomic E-state index is -0.252. The lowest BCUT2D eigenvalue weighted by molar-refractivity contribution is 0.0878. The Morgan fingerprint density at radius 3 is 2.59 bits per heavy atom. The Bertz CT molecular complexity index is 925. The number of carbonyl (C=O) groups is 1. The van der Waals surface area contributed by atoms with Crippen LogP contribution in [0.3, 0.4) is 0 Å². The maximum absolute atomic E-state index is 12.7. The van der Waals surface area contributed by atoms with E-state index >= 15 is 0 Å². The molecule has 1 unspecified atom stereocenters. The molecule has 1 aliphatic heterocycles. The van der Waals surface area contributed by atoms with Gasteiger partial charge in [0.25, 0.3) is 5.91 Å². The average molecular weight is 394 g/mol. The molecule has 1 aliphatic rings. The molecule has 1 atom stereocenters. The van der Waals surface area contributed by atoms with Gasteiger partial charge in [-0.15, -0.1) is 0 Å². The maximum Gasteiger partial charge on any atom is 0.273 e. The number of furan rings is 1. The molecule has 1 N–H and O–H groups in total. The van der Waals surface area contributed by atoms with Gasteiger partial charge in [-0.05, 0) is 31.7 Å². The van der Waals surface area contributed by atoms with Crippen molar-refractivity contribution < 1.29 is 13.7 Å². The molecule has 7 nitrogen and oxygen atoms in total. The SMILES string of the molecule is Cc1ccc(C(CNC(=O)c2cc(-c3ccco3)on2)N2CCN(C)CC2)cc1. The molecule has 0 radical (unpaired) electrons. The van der Waals surface area contributed by atoms with Crippen LogP contribution >= 0.6 is 0 Å². The topological polar surface area (TPSA) is 74.8 Å². The predicted molar refractivity (Wildman–Crippen MR) is 110 cm³/mol. The standard InChI is InChI=1S/C22H26N4O3/c1-16-5-7-17(8-6-16)19(26-11-9-25(2)10-12-26)15-23-22(27)18-14-21(29-24-18)20-4-3-13-28-20/h3-8,13-14,19H,9-12,15H2,1-2H3,(H,23,27). The smallest absolute Gasteiger partial charge is 0.273 e.